The van der Waals surface area contributed by atoms with Gasteiger partial charge >= 0.3 is 0 Å². The summed E-state index contributed by atoms with van der Waals surface area (Å²) in [5.74, 6) is 0.809. The fourth-order valence-corrected chi connectivity index (χ4v) is 2.03. The van der Waals surface area contributed by atoms with Crippen molar-refractivity contribution in [3.8, 4) is 5.75 Å². The minimum atomic E-state index is -0.398. The van der Waals surface area contributed by atoms with E-state index in [0.717, 1.165) is 15.8 Å². The third-order valence-electron chi connectivity index (χ3n) is 2.50. The van der Waals surface area contributed by atoms with Crippen molar-refractivity contribution >= 4 is 15.9 Å². The highest BCUT2D eigenvalue weighted by molar-refractivity contribution is 9.10. The normalized spacial score (nSPS) is 12.5. The van der Waals surface area contributed by atoms with Crippen LogP contribution in [-0.2, 0) is 11.2 Å². The Morgan fingerprint density at radius 2 is 2.18 bits per heavy atom. The quantitative estimate of drug-likeness (QED) is 0.787. The highest BCUT2D eigenvalue weighted by Gasteiger charge is 2.10. The van der Waals surface area contributed by atoms with E-state index in [1.807, 2.05) is 25.1 Å². The van der Waals surface area contributed by atoms with Gasteiger partial charge in [-0.05, 0) is 37.1 Å². The van der Waals surface area contributed by atoms with Crippen molar-refractivity contribution in [1.82, 2.24) is 0 Å². The predicted molar refractivity (Wildman–Crippen MR) is 71.5 cm³/mol. The summed E-state index contributed by atoms with van der Waals surface area (Å²) < 4.78 is 11.5. The van der Waals surface area contributed by atoms with Crippen LogP contribution in [0.25, 0.3) is 0 Å². The van der Waals surface area contributed by atoms with Gasteiger partial charge in [0.25, 0.3) is 0 Å². The summed E-state index contributed by atoms with van der Waals surface area (Å²) in [6.07, 6.45) is 0.823. The molecule has 0 saturated carbocycles. The van der Waals surface area contributed by atoms with E-state index in [2.05, 4.69) is 15.9 Å². The van der Waals surface area contributed by atoms with Gasteiger partial charge in [0.2, 0.25) is 0 Å². The van der Waals surface area contributed by atoms with Crippen molar-refractivity contribution < 1.29 is 14.6 Å². The van der Waals surface area contributed by atoms with Gasteiger partial charge in [0.05, 0.1) is 13.2 Å². The Balaban J connectivity index is 2.57. The molecule has 1 aromatic carbocycles. The molecule has 0 bridgehead atoms. The molecule has 1 N–H and O–H groups in total. The second-order valence-corrected chi connectivity index (χ2v) is 4.72. The third kappa shape index (κ3) is 5.06. The second kappa shape index (κ2) is 7.69. The maximum absolute atomic E-state index is 9.89. The summed E-state index contributed by atoms with van der Waals surface area (Å²) in [6.45, 7) is 3.23. The average molecular weight is 303 g/mol. The number of halogens is 1. The number of aliphatic hydroxyl groups is 1. The molecule has 1 aromatic rings. The molecule has 0 aliphatic carbocycles. The van der Waals surface area contributed by atoms with Crippen molar-refractivity contribution in [1.29, 1.82) is 0 Å². The Morgan fingerprint density at radius 3 is 2.82 bits per heavy atom. The first-order chi connectivity index (χ1) is 8.17. The van der Waals surface area contributed by atoms with E-state index < -0.39 is 6.10 Å². The van der Waals surface area contributed by atoms with Crippen molar-refractivity contribution in [3.05, 3.63) is 28.2 Å². The molecular formula is C13H19BrO3. The topological polar surface area (TPSA) is 38.7 Å². The van der Waals surface area contributed by atoms with Crippen LogP contribution in [0.3, 0.4) is 0 Å². The molecule has 0 heterocycles. The third-order valence-corrected chi connectivity index (χ3v) is 2.99. The number of methoxy groups -OCH3 is 1. The average Bonchev–Trinajstić information content (AvgIpc) is 2.29. The van der Waals surface area contributed by atoms with E-state index in [9.17, 15) is 5.11 Å². The standard InChI is InChI=1S/C13H19BrO3/c1-3-17-7-6-12(15)9-10-8-11(14)4-5-13(10)16-2/h4-5,8,12,15H,3,6-7,9H2,1-2H3. The molecule has 0 amide bonds. The summed E-state index contributed by atoms with van der Waals surface area (Å²) in [5, 5.41) is 9.89. The lowest BCUT2D eigenvalue weighted by atomic mass is 10.1. The molecule has 0 aliphatic rings. The van der Waals surface area contributed by atoms with Crippen LogP contribution in [0.1, 0.15) is 18.9 Å². The van der Waals surface area contributed by atoms with Crippen molar-refractivity contribution in [2.45, 2.75) is 25.9 Å². The Bertz CT molecular complexity index is 341. The molecule has 3 nitrogen and oxygen atoms in total. The van der Waals surface area contributed by atoms with Gasteiger partial charge < -0.3 is 14.6 Å². The number of hydrogen-bond acceptors (Lipinski definition) is 3. The van der Waals surface area contributed by atoms with Crippen LogP contribution in [0.5, 0.6) is 5.75 Å². The number of rotatable bonds is 7. The minimum Gasteiger partial charge on any atom is -0.496 e. The fraction of sp³-hybridized carbons (Fsp3) is 0.538. The van der Waals surface area contributed by atoms with Gasteiger partial charge in [0, 0.05) is 24.1 Å². The number of benzene rings is 1. The number of aliphatic hydroxyl groups excluding tert-OH is 1. The van der Waals surface area contributed by atoms with Crippen molar-refractivity contribution in [2.24, 2.45) is 0 Å². The van der Waals surface area contributed by atoms with Crippen LogP contribution in [0.2, 0.25) is 0 Å². The largest absolute Gasteiger partial charge is 0.496 e. The molecular weight excluding hydrogens is 284 g/mol. The van der Waals surface area contributed by atoms with Crippen LogP contribution >= 0.6 is 15.9 Å². The molecule has 0 aromatic heterocycles. The molecule has 0 saturated heterocycles. The Hall–Kier alpha value is -0.580. The molecule has 1 rings (SSSR count). The van der Waals surface area contributed by atoms with Gasteiger partial charge in [-0.3, -0.25) is 0 Å². The zero-order chi connectivity index (χ0) is 12.7. The fourth-order valence-electron chi connectivity index (χ4n) is 1.63. The first kappa shape index (κ1) is 14.5. The molecule has 0 radical (unpaired) electrons. The van der Waals surface area contributed by atoms with Crippen LogP contribution < -0.4 is 4.74 Å². The van der Waals surface area contributed by atoms with E-state index in [1.165, 1.54) is 0 Å². The highest BCUT2D eigenvalue weighted by Crippen LogP contribution is 2.24. The molecule has 4 heteroatoms. The molecule has 0 spiro atoms. The highest BCUT2D eigenvalue weighted by atomic mass is 79.9. The summed E-state index contributed by atoms with van der Waals surface area (Å²) >= 11 is 3.42. The summed E-state index contributed by atoms with van der Waals surface area (Å²) in [6, 6.07) is 5.80. The predicted octanol–water partition coefficient (Wildman–Crippen LogP) is 2.79. The van der Waals surface area contributed by atoms with Gasteiger partial charge in [-0.1, -0.05) is 15.9 Å². The summed E-state index contributed by atoms with van der Waals surface area (Å²) in [4.78, 5) is 0. The maximum atomic E-state index is 9.89. The lowest BCUT2D eigenvalue weighted by Gasteiger charge is -2.13. The second-order valence-electron chi connectivity index (χ2n) is 3.80. The summed E-state index contributed by atoms with van der Waals surface area (Å²) in [5.41, 5.74) is 1.01. The zero-order valence-electron chi connectivity index (χ0n) is 10.3. The van der Waals surface area contributed by atoms with Crippen LogP contribution in [0.15, 0.2) is 22.7 Å². The van der Waals surface area contributed by atoms with E-state index in [1.54, 1.807) is 7.11 Å². The molecule has 1 unspecified atom stereocenters. The lowest BCUT2D eigenvalue weighted by molar-refractivity contribution is 0.0884. The first-order valence-corrected chi connectivity index (χ1v) is 6.55. The Kier molecular flexibility index (Phi) is 6.55. The minimum absolute atomic E-state index is 0.398. The number of ether oxygens (including phenoxy) is 2. The lowest BCUT2D eigenvalue weighted by Crippen LogP contribution is -2.14. The summed E-state index contributed by atoms with van der Waals surface area (Å²) in [7, 11) is 1.64. The zero-order valence-corrected chi connectivity index (χ0v) is 11.9. The van der Waals surface area contributed by atoms with Crippen LogP contribution in [0.4, 0.5) is 0 Å². The first-order valence-electron chi connectivity index (χ1n) is 5.75. The molecule has 0 fully saturated rings. The SMILES string of the molecule is CCOCCC(O)Cc1cc(Br)ccc1OC. The van der Waals surface area contributed by atoms with E-state index >= 15 is 0 Å². The molecule has 96 valence electrons. The van der Waals surface area contributed by atoms with Gasteiger partial charge in [-0.2, -0.15) is 0 Å². The Morgan fingerprint density at radius 1 is 1.41 bits per heavy atom. The van der Waals surface area contributed by atoms with Crippen LogP contribution in [-0.4, -0.2) is 31.5 Å². The van der Waals surface area contributed by atoms with Gasteiger partial charge in [0.1, 0.15) is 5.75 Å². The van der Waals surface area contributed by atoms with E-state index in [0.29, 0.717) is 26.1 Å². The number of hydrogen-bond donors (Lipinski definition) is 1. The maximum Gasteiger partial charge on any atom is 0.122 e. The van der Waals surface area contributed by atoms with Crippen molar-refractivity contribution in [2.75, 3.05) is 20.3 Å². The van der Waals surface area contributed by atoms with E-state index in [-0.39, 0.29) is 0 Å². The van der Waals surface area contributed by atoms with Gasteiger partial charge in [0.15, 0.2) is 0 Å². The smallest absolute Gasteiger partial charge is 0.122 e. The monoisotopic (exact) mass is 302 g/mol. The van der Waals surface area contributed by atoms with E-state index in [4.69, 9.17) is 9.47 Å². The van der Waals surface area contributed by atoms with Gasteiger partial charge in [-0.25, -0.2) is 0 Å². The Labute approximate surface area is 111 Å². The molecule has 0 aliphatic heterocycles. The van der Waals surface area contributed by atoms with Crippen molar-refractivity contribution in [3.63, 3.8) is 0 Å². The van der Waals surface area contributed by atoms with Crippen LogP contribution in [0, 0.1) is 0 Å². The molecule has 17 heavy (non-hydrogen) atoms. The molecule has 1 atom stereocenters. The van der Waals surface area contributed by atoms with Gasteiger partial charge in [-0.15, -0.1) is 0 Å².